The molecular formula is C19H19N3O3. The van der Waals surface area contributed by atoms with Crippen LogP contribution in [0.5, 0.6) is 0 Å². The quantitative estimate of drug-likeness (QED) is 0.724. The third kappa shape index (κ3) is 3.68. The van der Waals surface area contributed by atoms with Crippen molar-refractivity contribution in [2.24, 2.45) is 0 Å². The van der Waals surface area contributed by atoms with Crippen molar-refractivity contribution in [3.05, 3.63) is 71.7 Å². The number of aryl methyl sites for hydroxylation is 2. The van der Waals surface area contributed by atoms with Gasteiger partial charge in [0.15, 0.2) is 6.04 Å². The van der Waals surface area contributed by atoms with Gasteiger partial charge in [-0.2, -0.15) is 0 Å². The van der Waals surface area contributed by atoms with Crippen molar-refractivity contribution in [1.29, 1.82) is 0 Å². The molecule has 3 aromatic rings. The minimum atomic E-state index is -1.08. The molecule has 2 N–H and O–H groups in total. The van der Waals surface area contributed by atoms with Crippen LogP contribution in [0.1, 0.15) is 29.4 Å². The van der Waals surface area contributed by atoms with Gasteiger partial charge in [0.25, 0.3) is 0 Å². The topological polar surface area (TPSA) is 83.7 Å². The van der Waals surface area contributed by atoms with Crippen molar-refractivity contribution in [3.63, 3.8) is 0 Å². The number of hydrogen-bond donors (Lipinski definition) is 2. The molecule has 0 aliphatic carbocycles. The van der Waals surface area contributed by atoms with Crippen LogP contribution in [0.15, 0.2) is 54.7 Å². The van der Waals surface area contributed by atoms with Crippen molar-refractivity contribution in [2.45, 2.75) is 25.8 Å². The van der Waals surface area contributed by atoms with E-state index in [2.05, 4.69) is 10.3 Å². The van der Waals surface area contributed by atoms with E-state index in [0.717, 1.165) is 17.0 Å². The molecule has 0 saturated heterocycles. The number of hydrogen-bond acceptors (Lipinski definition) is 3. The van der Waals surface area contributed by atoms with Crippen molar-refractivity contribution in [1.82, 2.24) is 14.7 Å². The van der Waals surface area contributed by atoms with Gasteiger partial charge in [0.2, 0.25) is 5.91 Å². The molecule has 1 atom stereocenters. The van der Waals surface area contributed by atoms with Crippen molar-refractivity contribution in [3.8, 4) is 0 Å². The van der Waals surface area contributed by atoms with Gasteiger partial charge in [-0.15, -0.1) is 0 Å². The fourth-order valence-corrected chi connectivity index (χ4v) is 2.86. The molecular weight excluding hydrogens is 318 g/mol. The maximum atomic E-state index is 12.3. The summed E-state index contributed by atoms with van der Waals surface area (Å²) >= 11 is 0. The Morgan fingerprint density at radius 3 is 2.60 bits per heavy atom. The lowest BCUT2D eigenvalue weighted by Gasteiger charge is -2.15. The van der Waals surface area contributed by atoms with E-state index in [4.69, 9.17) is 0 Å². The number of rotatable bonds is 6. The Bertz CT molecular complexity index is 903. The van der Waals surface area contributed by atoms with E-state index in [1.54, 1.807) is 30.3 Å². The molecule has 0 aliphatic rings. The van der Waals surface area contributed by atoms with E-state index in [1.165, 1.54) is 0 Å². The summed E-state index contributed by atoms with van der Waals surface area (Å²) in [7, 11) is 0. The van der Waals surface area contributed by atoms with Crippen LogP contribution in [0.2, 0.25) is 0 Å². The zero-order valence-corrected chi connectivity index (χ0v) is 13.8. The highest BCUT2D eigenvalue weighted by Gasteiger charge is 2.22. The van der Waals surface area contributed by atoms with E-state index in [9.17, 15) is 14.7 Å². The Kier molecular flexibility index (Phi) is 4.79. The van der Waals surface area contributed by atoms with Gasteiger partial charge in [0, 0.05) is 18.3 Å². The molecule has 2 aromatic heterocycles. The highest BCUT2D eigenvalue weighted by atomic mass is 16.4. The summed E-state index contributed by atoms with van der Waals surface area (Å²) in [4.78, 5) is 28.2. The van der Waals surface area contributed by atoms with E-state index >= 15 is 0 Å². The molecule has 2 heterocycles. The Labute approximate surface area is 145 Å². The molecule has 3 rings (SSSR count). The van der Waals surface area contributed by atoms with Gasteiger partial charge in [0.05, 0.1) is 5.69 Å². The lowest BCUT2D eigenvalue weighted by Crippen LogP contribution is -2.33. The molecule has 0 radical (unpaired) electrons. The lowest BCUT2D eigenvalue weighted by atomic mass is 10.1. The summed E-state index contributed by atoms with van der Waals surface area (Å²) in [5.74, 6) is -1.38. The maximum absolute atomic E-state index is 12.3. The first-order valence-electron chi connectivity index (χ1n) is 8.06. The number of aromatic nitrogens is 2. The van der Waals surface area contributed by atoms with Crippen molar-refractivity contribution in [2.75, 3.05) is 0 Å². The molecule has 0 fully saturated rings. The smallest absolute Gasteiger partial charge is 0.330 e. The van der Waals surface area contributed by atoms with Crippen molar-refractivity contribution >= 4 is 17.5 Å². The van der Waals surface area contributed by atoms with Crippen LogP contribution in [0.25, 0.3) is 5.65 Å². The molecule has 0 bridgehead atoms. The third-order valence-electron chi connectivity index (χ3n) is 4.10. The summed E-state index contributed by atoms with van der Waals surface area (Å²) in [6.45, 7) is 1.91. The van der Waals surface area contributed by atoms with Crippen LogP contribution >= 0.6 is 0 Å². The van der Waals surface area contributed by atoms with Gasteiger partial charge in [-0.1, -0.05) is 36.4 Å². The highest BCUT2D eigenvalue weighted by molar-refractivity contribution is 5.84. The van der Waals surface area contributed by atoms with Gasteiger partial charge >= 0.3 is 5.97 Å². The van der Waals surface area contributed by atoms with Crippen LogP contribution < -0.4 is 5.32 Å². The number of carboxylic acid groups (broad SMARTS) is 1. The Balaban J connectivity index is 1.69. The molecule has 1 aromatic carbocycles. The fourth-order valence-electron chi connectivity index (χ4n) is 2.86. The van der Waals surface area contributed by atoms with Crippen LogP contribution in [-0.4, -0.2) is 26.4 Å². The van der Waals surface area contributed by atoms with Gasteiger partial charge < -0.3 is 14.8 Å². The summed E-state index contributed by atoms with van der Waals surface area (Å²) in [6, 6.07) is 13.4. The second-order valence-electron chi connectivity index (χ2n) is 5.82. The highest BCUT2D eigenvalue weighted by Crippen LogP contribution is 2.15. The number of pyridine rings is 1. The zero-order valence-electron chi connectivity index (χ0n) is 13.8. The van der Waals surface area contributed by atoms with E-state index in [-0.39, 0.29) is 12.3 Å². The van der Waals surface area contributed by atoms with E-state index in [0.29, 0.717) is 12.0 Å². The second kappa shape index (κ2) is 7.17. The fraction of sp³-hybridized carbons (Fsp3) is 0.211. The zero-order chi connectivity index (χ0) is 17.8. The predicted molar refractivity (Wildman–Crippen MR) is 93.2 cm³/mol. The van der Waals surface area contributed by atoms with Crippen LogP contribution in [0, 0.1) is 6.92 Å². The predicted octanol–water partition coefficient (Wildman–Crippen LogP) is 2.52. The first-order valence-corrected chi connectivity index (χ1v) is 8.06. The van der Waals surface area contributed by atoms with Crippen LogP contribution in [0.4, 0.5) is 0 Å². The number of nitrogens with one attached hydrogen (secondary N) is 1. The number of fused-ring (bicyclic) bond motifs is 1. The number of carbonyl (C=O) groups excluding carboxylic acids is 1. The Morgan fingerprint density at radius 1 is 1.16 bits per heavy atom. The first kappa shape index (κ1) is 16.7. The number of amides is 1. The number of imidazole rings is 1. The molecule has 0 spiro atoms. The molecule has 6 heteroatoms. The molecule has 6 nitrogen and oxygen atoms in total. The van der Waals surface area contributed by atoms with Gasteiger partial charge in [0.1, 0.15) is 5.65 Å². The molecule has 1 amide bonds. The normalized spacial score (nSPS) is 12.0. The van der Waals surface area contributed by atoms with E-state index < -0.39 is 12.0 Å². The number of carbonyl (C=O) groups is 2. The third-order valence-corrected chi connectivity index (χ3v) is 4.10. The van der Waals surface area contributed by atoms with E-state index in [1.807, 2.05) is 35.7 Å². The number of nitrogens with zero attached hydrogens (tertiary/aromatic N) is 2. The molecule has 0 saturated carbocycles. The summed E-state index contributed by atoms with van der Waals surface area (Å²) in [5, 5.41) is 12.0. The maximum Gasteiger partial charge on any atom is 0.330 e. The molecule has 128 valence electrons. The average molecular weight is 337 g/mol. The largest absolute Gasteiger partial charge is 0.479 e. The Hall–Kier alpha value is -3.15. The minimum absolute atomic E-state index is 0.195. The van der Waals surface area contributed by atoms with Gasteiger partial charge in [-0.05, 0) is 31.0 Å². The van der Waals surface area contributed by atoms with Crippen molar-refractivity contribution < 1.29 is 14.7 Å². The van der Waals surface area contributed by atoms with Crippen LogP contribution in [-0.2, 0) is 16.0 Å². The second-order valence-corrected chi connectivity index (χ2v) is 5.82. The lowest BCUT2D eigenvalue weighted by molar-refractivity contribution is -0.142. The average Bonchev–Trinajstić information content (AvgIpc) is 2.93. The van der Waals surface area contributed by atoms with Gasteiger partial charge in [-0.3, -0.25) is 4.79 Å². The molecule has 25 heavy (non-hydrogen) atoms. The number of benzene rings is 1. The standard InChI is InChI=1S/C19H19N3O3/c1-13-15(22-12-6-5-9-16(22)20-13)10-11-17(23)21-18(19(24)25)14-7-3-2-4-8-14/h2-9,12,18H,10-11H2,1H3,(H,21,23)(H,24,25). The first-order chi connectivity index (χ1) is 12.1. The van der Waals surface area contributed by atoms with Gasteiger partial charge in [-0.25, -0.2) is 9.78 Å². The number of carboxylic acids is 1. The van der Waals surface area contributed by atoms with Crippen LogP contribution in [0.3, 0.4) is 0 Å². The molecule has 1 unspecified atom stereocenters. The summed E-state index contributed by atoms with van der Waals surface area (Å²) in [6.07, 6.45) is 2.59. The number of aliphatic carboxylic acids is 1. The minimum Gasteiger partial charge on any atom is -0.479 e. The summed E-state index contributed by atoms with van der Waals surface area (Å²) < 4.78 is 1.95. The Morgan fingerprint density at radius 2 is 1.88 bits per heavy atom. The SMILES string of the molecule is Cc1nc2ccccn2c1CCC(=O)NC(C(=O)O)c1ccccc1. The molecule has 0 aliphatic heterocycles. The monoisotopic (exact) mass is 337 g/mol. The summed E-state index contributed by atoms with van der Waals surface area (Å²) in [5.41, 5.74) is 3.21.